The summed E-state index contributed by atoms with van der Waals surface area (Å²) in [6, 6.07) is 14.8. The summed E-state index contributed by atoms with van der Waals surface area (Å²) in [6.45, 7) is 0. The molecule has 0 saturated heterocycles. The zero-order chi connectivity index (χ0) is 19.2. The number of hydrogen-bond donors (Lipinski definition) is 1. The van der Waals surface area contributed by atoms with Crippen LogP contribution in [0.4, 0.5) is 11.4 Å². The van der Waals surface area contributed by atoms with Crippen molar-refractivity contribution in [2.45, 2.75) is 6.42 Å². The summed E-state index contributed by atoms with van der Waals surface area (Å²) in [6.07, 6.45) is -0.206. The standard InChI is InChI=1S/C18H20N2O5S/c1-20(16-9-4-3-5-10-16)26(23,24)12-11-17(21)19-15-8-6-7-14(13-15)18(22)25-2/h3-10,13H,11-12H2,1-2H3,(H,19,21). The number of anilines is 2. The number of methoxy groups -OCH3 is 1. The molecular formula is C18H20N2O5S. The Morgan fingerprint density at radius 2 is 1.77 bits per heavy atom. The SMILES string of the molecule is COC(=O)c1cccc(NC(=O)CCS(=O)(=O)N(C)c2ccccc2)c1. The Hall–Kier alpha value is -2.87. The minimum atomic E-state index is -3.63. The van der Waals surface area contributed by atoms with Crippen LogP contribution in [0.3, 0.4) is 0 Å². The topological polar surface area (TPSA) is 92.8 Å². The van der Waals surface area contributed by atoms with Crippen LogP contribution in [0.1, 0.15) is 16.8 Å². The predicted molar refractivity (Wildman–Crippen MR) is 99.7 cm³/mol. The Bertz CT molecular complexity index is 881. The summed E-state index contributed by atoms with van der Waals surface area (Å²) in [7, 11) is -0.915. The maximum Gasteiger partial charge on any atom is 0.337 e. The smallest absolute Gasteiger partial charge is 0.337 e. The molecule has 0 saturated carbocycles. The van der Waals surface area contributed by atoms with Crippen LogP contribution in [-0.2, 0) is 19.6 Å². The van der Waals surface area contributed by atoms with Gasteiger partial charge in [-0.1, -0.05) is 24.3 Å². The van der Waals surface area contributed by atoms with Crippen molar-refractivity contribution in [1.82, 2.24) is 0 Å². The average Bonchev–Trinajstić information content (AvgIpc) is 2.66. The zero-order valence-electron chi connectivity index (χ0n) is 14.5. The number of benzene rings is 2. The molecule has 0 spiro atoms. The van der Waals surface area contributed by atoms with Gasteiger partial charge in [-0.3, -0.25) is 9.10 Å². The first-order chi connectivity index (χ1) is 12.3. The molecule has 0 aliphatic heterocycles. The van der Waals surface area contributed by atoms with Gasteiger partial charge >= 0.3 is 5.97 Å². The number of para-hydroxylation sites is 1. The fraction of sp³-hybridized carbons (Fsp3) is 0.222. The Morgan fingerprint density at radius 1 is 1.08 bits per heavy atom. The van der Waals surface area contributed by atoms with Crippen molar-refractivity contribution in [2.75, 3.05) is 29.5 Å². The van der Waals surface area contributed by atoms with Crippen LogP contribution in [0.2, 0.25) is 0 Å². The molecule has 0 aromatic heterocycles. The van der Waals surface area contributed by atoms with Crippen LogP contribution in [0.5, 0.6) is 0 Å². The molecule has 2 aromatic carbocycles. The van der Waals surface area contributed by atoms with E-state index in [-0.39, 0.29) is 12.2 Å². The Morgan fingerprint density at radius 3 is 2.42 bits per heavy atom. The molecule has 0 radical (unpaired) electrons. The number of nitrogens with one attached hydrogen (secondary N) is 1. The summed E-state index contributed by atoms with van der Waals surface area (Å²) in [4.78, 5) is 23.6. The number of rotatable bonds is 7. The molecular weight excluding hydrogens is 356 g/mol. The van der Waals surface area contributed by atoms with Crippen molar-refractivity contribution in [3.8, 4) is 0 Å². The fourth-order valence-corrected chi connectivity index (χ4v) is 3.38. The molecule has 0 bridgehead atoms. The highest BCUT2D eigenvalue weighted by Crippen LogP contribution is 2.16. The van der Waals surface area contributed by atoms with Gasteiger partial charge in [-0.05, 0) is 30.3 Å². The lowest BCUT2D eigenvalue weighted by molar-refractivity contribution is -0.115. The average molecular weight is 376 g/mol. The monoisotopic (exact) mass is 376 g/mol. The molecule has 2 rings (SSSR count). The van der Waals surface area contributed by atoms with E-state index in [2.05, 4.69) is 10.1 Å². The largest absolute Gasteiger partial charge is 0.465 e. The van der Waals surface area contributed by atoms with Crippen LogP contribution < -0.4 is 9.62 Å². The number of carbonyl (C=O) groups is 2. The first-order valence-electron chi connectivity index (χ1n) is 7.83. The number of ether oxygens (including phenoxy) is 1. The van der Waals surface area contributed by atoms with E-state index >= 15 is 0 Å². The number of amides is 1. The zero-order valence-corrected chi connectivity index (χ0v) is 15.3. The first kappa shape index (κ1) is 19.5. The quantitative estimate of drug-likeness (QED) is 0.748. The van der Waals surface area contributed by atoms with Gasteiger partial charge in [0.2, 0.25) is 15.9 Å². The first-order valence-corrected chi connectivity index (χ1v) is 9.44. The second-order valence-corrected chi connectivity index (χ2v) is 7.61. The van der Waals surface area contributed by atoms with Gasteiger partial charge < -0.3 is 10.1 Å². The number of hydrogen-bond acceptors (Lipinski definition) is 5. The van der Waals surface area contributed by atoms with Crippen LogP contribution in [0.25, 0.3) is 0 Å². The molecule has 0 heterocycles. The van der Waals surface area contributed by atoms with Crippen LogP contribution in [0, 0.1) is 0 Å². The van der Waals surface area contributed by atoms with Gasteiger partial charge in [0.25, 0.3) is 0 Å². The Labute approximate surface area is 152 Å². The van der Waals surface area contributed by atoms with Crippen molar-refractivity contribution in [2.24, 2.45) is 0 Å². The number of sulfonamides is 1. The molecule has 7 nitrogen and oxygen atoms in total. The summed E-state index contributed by atoms with van der Waals surface area (Å²) >= 11 is 0. The van der Waals surface area contributed by atoms with Crippen molar-refractivity contribution >= 4 is 33.3 Å². The minimum absolute atomic E-state index is 0.206. The molecule has 8 heteroatoms. The Kier molecular flexibility index (Phi) is 6.35. The van der Waals surface area contributed by atoms with Crippen LogP contribution in [0.15, 0.2) is 54.6 Å². The third kappa shape index (κ3) is 5.06. The van der Waals surface area contributed by atoms with E-state index in [0.717, 1.165) is 4.31 Å². The van der Waals surface area contributed by atoms with E-state index in [4.69, 9.17) is 0 Å². The van der Waals surface area contributed by atoms with E-state index < -0.39 is 21.9 Å². The third-order valence-electron chi connectivity index (χ3n) is 3.69. The van der Waals surface area contributed by atoms with Gasteiger partial charge in [-0.25, -0.2) is 13.2 Å². The number of carbonyl (C=O) groups excluding carboxylic acids is 2. The highest BCUT2D eigenvalue weighted by molar-refractivity contribution is 7.92. The molecule has 138 valence electrons. The van der Waals surface area contributed by atoms with Crippen molar-refractivity contribution < 1.29 is 22.7 Å². The van der Waals surface area contributed by atoms with E-state index in [0.29, 0.717) is 16.9 Å². The lowest BCUT2D eigenvalue weighted by Gasteiger charge is -2.19. The fourth-order valence-electron chi connectivity index (χ4n) is 2.22. The van der Waals surface area contributed by atoms with Crippen molar-refractivity contribution in [3.05, 3.63) is 60.2 Å². The van der Waals surface area contributed by atoms with E-state index in [1.54, 1.807) is 48.5 Å². The highest BCUT2D eigenvalue weighted by Gasteiger charge is 2.20. The van der Waals surface area contributed by atoms with Gasteiger partial charge in [0.1, 0.15) is 0 Å². The molecule has 0 aliphatic carbocycles. The predicted octanol–water partition coefficient (Wildman–Crippen LogP) is 2.27. The molecule has 0 atom stereocenters. The maximum absolute atomic E-state index is 12.4. The molecule has 2 aromatic rings. The van der Waals surface area contributed by atoms with Crippen molar-refractivity contribution in [3.63, 3.8) is 0 Å². The van der Waals surface area contributed by atoms with Gasteiger partial charge in [0.15, 0.2) is 0 Å². The maximum atomic E-state index is 12.4. The number of nitrogens with zero attached hydrogens (tertiary/aromatic N) is 1. The second kappa shape index (κ2) is 8.48. The Balaban J connectivity index is 1.97. The molecule has 0 aliphatic rings. The third-order valence-corrected chi connectivity index (χ3v) is 5.46. The molecule has 0 unspecified atom stereocenters. The van der Waals surface area contributed by atoms with Gasteiger partial charge in [0.05, 0.1) is 24.1 Å². The summed E-state index contributed by atoms with van der Waals surface area (Å²) in [5, 5.41) is 2.58. The van der Waals surface area contributed by atoms with Gasteiger partial charge in [0, 0.05) is 19.2 Å². The van der Waals surface area contributed by atoms with Crippen LogP contribution in [-0.4, -0.2) is 40.2 Å². The van der Waals surface area contributed by atoms with Gasteiger partial charge in [-0.15, -0.1) is 0 Å². The lowest BCUT2D eigenvalue weighted by atomic mass is 10.2. The molecule has 26 heavy (non-hydrogen) atoms. The molecule has 1 N–H and O–H groups in total. The minimum Gasteiger partial charge on any atom is -0.465 e. The van der Waals surface area contributed by atoms with Gasteiger partial charge in [-0.2, -0.15) is 0 Å². The van der Waals surface area contributed by atoms with E-state index in [1.165, 1.54) is 20.2 Å². The summed E-state index contributed by atoms with van der Waals surface area (Å²) in [5.74, 6) is -1.31. The van der Waals surface area contributed by atoms with Crippen LogP contribution >= 0.6 is 0 Å². The second-order valence-electron chi connectivity index (χ2n) is 5.49. The summed E-state index contributed by atoms with van der Waals surface area (Å²) in [5.41, 5.74) is 1.21. The highest BCUT2D eigenvalue weighted by atomic mass is 32.2. The lowest BCUT2D eigenvalue weighted by Crippen LogP contribution is -2.30. The normalized spacial score (nSPS) is 10.8. The van der Waals surface area contributed by atoms with E-state index in [9.17, 15) is 18.0 Å². The summed E-state index contributed by atoms with van der Waals surface area (Å²) < 4.78 is 30.5. The molecule has 1 amide bonds. The van der Waals surface area contributed by atoms with E-state index in [1.807, 2.05) is 0 Å². The molecule has 0 fully saturated rings. The number of esters is 1. The van der Waals surface area contributed by atoms with Crippen molar-refractivity contribution in [1.29, 1.82) is 0 Å².